The first-order valence-corrected chi connectivity index (χ1v) is 12.2. The van der Waals surface area contributed by atoms with Gasteiger partial charge in [-0.1, -0.05) is 6.07 Å². The fraction of sp³-hybridized carbons (Fsp3) is 0.409. The van der Waals surface area contributed by atoms with E-state index in [1.165, 1.54) is 10.6 Å². The van der Waals surface area contributed by atoms with Gasteiger partial charge in [-0.15, -0.1) is 0 Å². The number of hydrogen-bond acceptors (Lipinski definition) is 6. The first kappa shape index (κ1) is 20.1. The molecule has 1 amide bonds. The zero-order valence-electron chi connectivity index (χ0n) is 17.4. The smallest absolute Gasteiger partial charge is 0.253 e. The number of carbonyl (C=O) groups is 1. The molecule has 0 bridgehead atoms. The summed E-state index contributed by atoms with van der Waals surface area (Å²) in [7, 11) is -3.29. The third kappa shape index (κ3) is 3.95. The second kappa shape index (κ2) is 7.72. The highest BCUT2D eigenvalue weighted by Gasteiger charge is 2.28. The minimum absolute atomic E-state index is 0.00309. The highest BCUT2D eigenvalue weighted by atomic mass is 32.2. The quantitative estimate of drug-likeness (QED) is 0.716. The van der Waals surface area contributed by atoms with Crippen LogP contribution in [-0.2, 0) is 23.0 Å². The standard InChI is InChI=1S/C22H25N3O5S/c1-31(27,28)25-7-6-17-13-18(3-4-19(17)25)22(26)24-10-8-23(9-11-24)14-16-2-5-20-21(12-16)30-15-29-20/h2-5,12-13H,6-11,14-15H2,1H3. The molecule has 3 aliphatic heterocycles. The monoisotopic (exact) mass is 443 g/mol. The van der Waals surface area contributed by atoms with Gasteiger partial charge in [0.25, 0.3) is 5.91 Å². The molecule has 0 spiro atoms. The molecule has 3 aliphatic rings. The van der Waals surface area contributed by atoms with Gasteiger partial charge < -0.3 is 14.4 Å². The van der Waals surface area contributed by atoms with Crippen molar-refractivity contribution in [2.45, 2.75) is 13.0 Å². The van der Waals surface area contributed by atoms with Gasteiger partial charge in [-0.3, -0.25) is 14.0 Å². The van der Waals surface area contributed by atoms with Crippen LogP contribution in [-0.4, -0.2) is 69.9 Å². The van der Waals surface area contributed by atoms with Crippen molar-refractivity contribution in [3.63, 3.8) is 0 Å². The van der Waals surface area contributed by atoms with Crippen molar-refractivity contribution in [3.05, 3.63) is 53.1 Å². The van der Waals surface area contributed by atoms with Gasteiger partial charge in [0.1, 0.15) is 0 Å². The molecular weight excluding hydrogens is 418 g/mol. The van der Waals surface area contributed by atoms with Crippen LogP contribution in [0, 0.1) is 0 Å². The number of sulfonamides is 1. The van der Waals surface area contributed by atoms with Crippen LogP contribution in [0.5, 0.6) is 11.5 Å². The van der Waals surface area contributed by atoms with E-state index in [-0.39, 0.29) is 12.7 Å². The zero-order chi connectivity index (χ0) is 21.6. The summed E-state index contributed by atoms with van der Waals surface area (Å²) in [6.07, 6.45) is 1.84. The summed E-state index contributed by atoms with van der Waals surface area (Å²) in [5, 5.41) is 0. The summed E-state index contributed by atoms with van der Waals surface area (Å²) in [4.78, 5) is 17.2. The van der Waals surface area contributed by atoms with E-state index in [0.717, 1.165) is 42.3 Å². The summed E-state index contributed by atoms with van der Waals surface area (Å²) in [6.45, 7) is 4.43. The lowest BCUT2D eigenvalue weighted by atomic mass is 10.1. The van der Waals surface area contributed by atoms with Crippen LogP contribution in [0.3, 0.4) is 0 Å². The normalized spacial score (nSPS) is 18.4. The Kier molecular flexibility index (Phi) is 5.02. The molecule has 0 aliphatic carbocycles. The number of fused-ring (bicyclic) bond motifs is 2. The van der Waals surface area contributed by atoms with E-state index in [9.17, 15) is 13.2 Å². The second-order valence-corrected chi connectivity index (χ2v) is 10.1. The fourth-order valence-electron chi connectivity index (χ4n) is 4.44. The second-order valence-electron chi connectivity index (χ2n) is 8.18. The number of nitrogens with zero attached hydrogens (tertiary/aromatic N) is 3. The number of ether oxygens (including phenoxy) is 2. The molecular formula is C22H25N3O5S. The molecule has 3 heterocycles. The molecule has 0 radical (unpaired) electrons. The van der Waals surface area contributed by atoms with Gasteiger partial charge in [0.2, 0.25) is 16.8 Å². The van der Waals surface area contributed by atoms with Gasteiger partial charge in [-0.25, -0.2) is 8.42 Å². The maximum atomic E-state index is 13.0. The molecule has 8 nitrogen and oxygen atoms in total. The largest absolute Gasteiger partial charge is 0.454 e. The van der Waals surface area contributed by atoms with Crippen molar-refractivity contribution in [1.29, 1.82) is 0 Å². The van der Waals surface area contributed by atoms with Gasteiger partial charge in [-0.2, -0.15) is 0 Å². The molecule has 0 aromatic heterocycles. The van der Waals surface area contributed by atoms with Crippen molar-refractivity contribution in [3.8, 4) is 11.5 Å². The SMILES string of the molecule is CS(=O)(=O)N1CCc2cc(C(=O)N3CCN(Cc4ccc5c(c4)OCO5)CC3)ccc21. The Morgan fingerprint density at radius 2 is 1.74 bits per heavy atom. The third-order valence-electron chi connectivity index (χ3n) is 6.08. The Morgan fingerprint density at radius 1 is 0.968 bits per heavy atom. The summed E-state index contributed by atoms with van der Waals surface area (Å²) in [6, 6.07) is 11.4. The number of piperazine rings is 1. The van der Waals surface area contributed by atoms with Gasteiger partial charge >= 0.3 is 0 Å². The number of amides is 1. The molecule has 0 atom stereocenters. The van der Waals surface area contributed by atoms with E-state index >= 15 is 0 Å². The molecule has 2 aromatic rings. The average Bonchev–Trinajstić information content (AvgIpc) is 3.39. The summed E-state index contributed by atoms with van der Waals surface area (Å²) < 4.78 is 36.0. The van der Waals surface area contributed by atoms with Crippen molar-refractivity contribution < 1.29 is 22.7 Å². The topological polar surface area (TPSA) is 79.4 Å². The van der Waals surface area contributed by atoms with Crippen LogP contribution in [0.2, 0.25) is 0 Å². The average molecular weight is 444 g/mol. The molecule has 9 heteroatoms. The maximum Gasteiger partial charge on any atom is 0.253 e. The number of benzene rings is 2. The molecule has 0 N–H and O–H groups in total. The lowest BCUT2D eigenvalue weighted by Crippen LogP contribution is -2.48. The van der Waals surface area contributed by atoms with Gasteiger partial charge in [0, 0.05) is 44.8 Å². The maximum absolute atomic E-state index is 13.0. The first-order valence-electron chi connectivity index (χ1n) is 10.4. The summed E-state index contributed by atoms with van der Waals surface area (Å²) in [5.74, 6) is 1.58. The molecule has 1 fully saturated rings. The van der Waals surface area contributed by atoms with E-state index in [1.807, 2.05) is 23.1 Å². The van der Waals surface area contributed by atoms with Crippen LogP contribution in [0.1, 0.15) is 21.5 Å². The number of anilines is 1. The lowest BCUT2D eigenvalue weighted by Gasteiger charge is -2.35. The summed E-state index contributed by atoms with van der Waals surface area (Å²) in [5.41, 5.74) is 3.39. The highest BCUT2D eigenvalue weighted by molar-refractivity contribution is 7.92. The van der Waals surface area contributed by atoms with E-state index in [4.69, 9.17) is 9.47 Å². The van der Waals surface area contributed by atoms with Crippen LogP contribution in [0.15, 0.2) is 36.4 Å². The molecule has 0 saturated carbocycles. The molecule has 1 saturated heterocycles. The van der Waals surface area contributed by atoms with E-state index in [1.54, 1.807) is 12.1 Å². The van der Waals surface area contributed by atoms with Crippen LogP contribution >= 0.6 is 0 Å². The van der Waals surface area contributed by atoms with E-state index < -0.39 is 10.0 Å². The zero-order valence-corrected chi connectivity index (χ0v) is 18.2. The predicted molar refractivity (Wildman–Crippen MR) is 116 cm³/mol. The van der Waals surface area contributed by atoms with Crippen molar-refractivity contribution >= 4 is 21.6 Å². The van der Waals surface area contributed by atoms with Gasteiger partial charge in [-0.05, 0) is 47.9 Å². The van der Waals surface area contributed by atoms with Crippen LogP contribution in [0.25, 0.3) is 0 Å². The third-order valence-corrected chi connectivity index (χ3v) is 7.26. The molecule has 164 valence electrons. The minimum Gasteiger partial charge on any atom is -0.454 e. The van der Waals surface area contributed by atoms with Crippen molar-refractivity contribution in [2.75, 3.05) is 50.1 Å². The molecule has 2 aromatic carbocycles. The Balaban J connectivity index is 1.21. The minimum atomic E-state index is -3.29. The van der Waals surface area contributed by atoms with E-state index in [0.29, 0.717) is 37.3 Å². The lowest BCUT2D eigenvalue weighted by molar-refractivity contribution is 0.0628. The van der Waals surface area contributed by atoms with Crippen molar-refractivity contribution in [2.24, 2.45) is 0 Å². The van der Waals surface area contributed by atoms with Gasteiger partial charge in [0.05, 0.1) is 11.9 Å². The molecule has 31 heavy (non-hydrogen) atoms. The predicted octanol–water partition coefficient (Wildman–Crippen LogP) is 1.70. The Morgan fingerprint density at radius 3 is 2.52 bits per heavy atom. The van der Waals surface area contributed by atoms with E-state index in [2.05, 4.69) is 11.0 Å². The number of rotatable bonds is 4. The first-order chi connectivity index (χ1) is 14.9. The molecule has 0 unspecified atom stereocenters. The van der Waals surface area contributed by atoms with Crippen LogP contribution in [0.4, 0.5) is 5.69 Å². The number of hydrogen-bond donors (Lipinski definition) is 0. The number of carbonyl (C=O) groups excluding carboxylic acids is 1. The van der Waals surface area contributed by atoms with Gasteiger partial charge in [0.15, 0.2) is 11.5 Å². The Bertz CT molecular complexity index is 1130. The molecule has 5 rings (SSSR count). The van der Waals surface area contributed by atoms with Crippen molar-refractivity contribution in [1.82, 2.24) is 9.80 Å². The summed E-state index contributed by atoms with van der Waals surface area (Å²) >= 11 is 0. The fourth-order valence-corrected chi connectivity index (χ4v) is 5.40. The Hall–Kier alpha value is -2.78. The Labute approximate surface area is 182 Å². The van der Waals surface area contributed by atoms with Crippen LogP contribution < -0.4 is 13.8 Å². The highest BCUT2D eigenvalue weighted by Crippen LogP contribution is 2.33.